The van der Waals surface area contributed by atoms with E-state index in [0.717, 1.165) is 24.2 Å². The minimum Gasteiger partial charge on any atom is -0.347 e. The summed E-state index contributed by atoms with van der Waals surface area (Å²) >= 11 is 0. The fraction of sp³-hybridized carbons (Fsp3) is 0.333. The van der Waals surface area contributed by atoms with Crippen LogP contribution in [0.2, 0.25) is 0 Å². The van der Waals surface area contributed by atoms with Crippen LogP contribution < -0.4 is 10.2 Å². The molecule has 0 atom stereocenters. The van der Waals surface area contributed by atoms with Gasteiger partial charge in [0.1, 0.15) is 0 Å². The van der Waals surface area contributed by atoms with Crippen LogP contribution in [0.25, 0.3) is 0 Å². The molecular formula is C21H26N3O2+. The van der Waals surface area contributed by atoms with Gasteiger partial charge in [0, 0.05) is 12.1 Å². The Hall–Kier alpha value is -2.66. The molecule has 0 aromatic heterocycles. The molecule has 2 aromatic rings. The Morgan fingerprint density at radius 3 is 2.35 bits per heavy atom. The van der Waals surface area contributed by atoms with Crippen molar-refractivity contribution in [1.82, 2.24) is 10.2 Å². The summed E-state index contributed by atoms with van der Waals surface area (Å²) in [6.07, 6.45) is 0. The number of aryl methyl sites for hydroxylation is 1. The van der Waals surface area contributed by atoms with Crippen LogP contribution >= 0.6 is 0 Å². The molecule has 2 amide bonds. The Bertz CT molecular complexity index is 753. The topological polar surface area (TPSA) is 53.9 Å². The highest BCUT2D eigenvalue weighted by Gasteiger charge is 2.25. The van der Waals surface area contributed by atoms with Crippen molar-refractivity contribution in [2.45, 2.75) is 13.5 Å². The second kappa shape index (κ2) is 8.63. The first-order valence-corrected chi connectivity index (χ1v) is 9.12. The van der Waals surface area contributed by atoms with Gasteiger partial charge in [-0.15, -0.1) is 0 Å². The lowest BCUT2D eigenvalue weighted by molar-refractivity contribution is -0.896. The van der Waals surface area contributed by atoms with Gasteiger partial charge in [-0.25, -0.2) is 0 Å². The molecule has 0 unspecified atom stereocenters. The average Bonchev–Trinajstić information content (AvgIpc) is 2.68. The van der Waals surface area contributed by atoms with E-state index in [0.29, 0.717) is 26.2 Å². The Balaban J connectivity index is 1.43. The molecule has 0 aliphatic carbocycles. The molecule has 0 saturated carbocycles. The number of hydrogen-bond donors (Lipinski definition) is 2. The number of rotatable bonds is 5. The highest BCUT2D eigenvalue weighted by molar-refractivity contribution is 5.94. The van der Waals surface area contributed by atoms with E-state index in [1.807, 2.05) is 53.4 Å². The molecule has 0 bridgehead atoms. The Labute approximate surface area is 154 Å². The summed E-state index contributed by atoms with van der Waals surface area (Å²) in [4.78, 5) is 27.8. The Morgan fingerprint density at radius 2 is 1.65 bits per heavy atom. The number of amides is 2. The number of nitrogens with zero attached hydrogens (tertiary/aromatic N) is 1. The fourth-order valence-corrected chi connectivity index (χ4v) is 3.26. The number of nitrogens with one attached hydrogen (secondary N) is 2. The highest BCUT2D eigenvalue weighted by Crippen LogP contribution is 2.06. The van der Waals surface area contributed by atoms with Gasteiger partial charge in [0.15, 0.2) is 6.54 Å². The van der Waals surface area contributed by atoms with Crippen LogP contribution in [0.3, 0.4) is 0 Å². The van der Waals surface area contributed by atoms with Crippen molar-refractivity contribution in [1.29, 1.82) is 0 Å². The summed E-state index contributed by atoms with van der Waals surface area (Å²) in [6, 6.07) is 17.5. The van der Waals surface area contributed by atoms with Gasteiger partial charge in [0.2, 0.25) is 0 Å². The van der Waals surface area contributed by atoms with E-state index in [1.54, 1.807) is 0 Å². The third-order valence-electron chi connectivity index (χ3n) is 4.93. The number of hydrogen-bond acceptors (Lipinski definition) is 2. The van der Waals surface area contributed by atoms with Crippen molar-refractivity contribution in [2.75, 3.05) is 32.7 Å². The van der Waals surface area contributed by atoms with Gasteiger partial charge in [0.05, 0.1) is 26.2 Å². The summed E-state index contributed by atoms with van der Waals surface area (Å²) < 4.78 is 0. The van der Waals surface area contributed by atoms with Crippen LogP contribution in [0.5, 0.6) is 0 Å². The maximum atomic E-state index is 12.5. The number of piperazine rings is 1. The summed E-state index contributed by atoms with van der Waals surface area (Å²) in [5, 5.41) is 3.01. The van der Waals surface area contributed by atoms with Crippen LogP contribution in [0.1, 0.15) is 21.5 Å². The molecule has 26 heavy (non-hydrogen) atoms. The van der Waals surface area contributed by atoms with Crippen molar-refractivity contribution in [3.8, 4) is 0 Å². The zero-order valence-corrected chi connectivity index (χ0v) is 15.2. The monoisotopic (exact) mass is 352 g/mol. The molecule has 2 N–H and O–H groups in total. The second-order valence-electron chi connectivity index (χ2n) is 6.79. The summed E-state index contributed by atoms with van der Waals surface area (Å²) in [5.41, 5.74) is 3.06. The van der Waals surface area contributed by atoms with Gasteiger partial charge in [-0.1, -0.05) is 42.5 Å². The van der Waals surface area contributed by atoms with E-state index in [1.165, 1.54) is 10.5 Å². The molecule has 1 aliphatic rings. The lowest BCUT2D eigenvalue weighted by atomic mass is 10.1. The van der Waals surface area contributed by atoms with Gasteiger partial charge < -0.3 is 15.1 Å². The average molecular weight is 352 g/mol. The van der Waals surface area contributed by atoms with Crippen molar-refractivity contribution in [3.05, 3.63) is 71.3 Å². The summed E-state index contributed by atoms with van der Waals surface area (Å²) in [6.45, 7) is 6.06. The summed E-state index contributed by atoms with van der Waals surface area (Å²) in [5.74, 6) is 0.139. The van der Waals surface area contributed by atoms with E-state index < -0.39 is 0 Å². The third kappa shape index (κ3) is 4.70. The highest BCUT2D eigenvalue weighted by atomic mass is 16.2. The van der Waals surface area contributed by atoms with E-state index in [2.05, 4.69) is 18.3 Å². The molecule has 2 aromatic carbocycles. The van der Waals surface area contributed by atoms with Crippen molar-refractivity contribution in [3.63, 3.8) is 0 Å². The van der Waals surface area contributed by atoms with Crippen LogP contribution in [-0.2, 0) is 11.3 Å². The van der Waals surface area contributed by atoms with Gasteiger partial charge >= 0.3 is 0 Å². The van der Waals surface area contributed by atoms with Gasteiger partial charge in [-0.2, -0.15) is 0 Å². The van der Waals surface area contributed by atoms with Crippen LogP contribution in [0, 0.1) is 6.92 Å². The van der Waals surface area contributed by atoms with E-state index in [4.69, 9.17) is 0 Å². The molecule has 5 heteroatoms. The Kier molecular flexibility index (Phi) is 6.02. The van der Waals surface area contributed by atoms with Crippen LogP contribution in [-0.4, -0.2) is 49.4 Å². The normalized spacial score (nSPS) is 14.9. The molecule has 1 fully saturated rings. The molecule has 3 rings (SSSR count). The number of carbonyl (C=O) groups excluding carboxylic acids is 2. The zero-order valence-electron chi connectivity index (χ0n) is 15.2. The van der Waals surface area contributed by atoms with Gasteiger partial charge in [-0.05, 0) is 30.2 Å². The molecular weight excluding hydrogens is 326 g/mol. The Morgan fingerprint density at radius 1 is 1.00 bits per heavy atom. The lowest BCUT2D eigenvalue weighted by Crippen LogP contribution is -3.15. The minimum atomic E-state index is 0.0612. The second-order valence-corrected chi connectivity index (χ2v) is 6.79. The standard InChI is InChI=1S/C21H25N3O2/c1-17-7-5-6-10-19(17)15-22-20(25)16-23-11-13-24(14-12-23)21(26)18-8-3-2-4-9-18/h2-10H,11-16H2,1H3,(H,22,25)/p+1. The minimum absolute atomic E-state index is 0.0612. The molecule has 5 nitrogen and oxygen atoms in total. The molecule has 1 heterocycles. The SMILES string of the molecule is Cc1ccccc1CNC(=O)C[NH+]1CCN(C(=O)c2ccccc2)CC1. The van der Waals surface area contributed by atoms with Gasteiger partial charge in [0.25, 0.3) is 11.8 Å². The number of carbonyl (C=O) groups is 2. The maximum absolute atomic E-state index is 12.5. The maximum Gasteiger partial charge on any atom is 0.275 e. The molecule has 0 spiro atoms. The van der Waals surface area contributed by atoms with Gasteiger partial charge in [-0.3, -0.25) is 9.59 Å². The van der Waals surface area contributed by atoms with Crippen molar-refractivity contribution >= 4 is 11.8 Å². The van der Waals surface area contributed by atoms with Crippen LogP contribution in [0.15, 0.2) is 54.6 Å². The lowest BCUT2D eigenvalue weighted by Gasteiger charge is -2.32. The quantitative estimate of drug-likeness (QED) is 0.830. The van der Waals surface area contributed by atoms with Crippen LogP contribution in [0.4, 0.5) is 0 Å². The largest absolute Gasteiger partial charge is 0.347 e. The summed E-state index contributed by atoms with van der Waals surface area (Å²) in [7, 11) is 0. The molecule has 0 radical (unpaired) electrons. The van der Waals surface area contributed by atoms with E-state index in [9.17, 15) is 9.59 Å². The fourth-order valence-electron chi connectivity index (χ4n) is 3.26. The third-order valence-corrected chi connectivity index (χ3v) is 4.93. The predicted molar refractivity (Wildman–Crippen MR) is 101 cm³/mol. The smallest absolute Gasteiger partial charge is 0.275 e. The molecule has 1 aliphatic heterocycles. The predicted octanol–water partition coefficient (Wildman–Crippen LogP) is 0.652. The van der Waals surface area contributed by atoms with E-state index in [-0.39, 0.29) is 11.8 Å². The molecule has 136 valence electrons. The van der Waals surface area contributed by atoms with E-state index >= 15 is 0 Å². The first-order chi connectivity index (χ1) is 12.6. The van der Waals surface area contributed by atoms with Crippen molar-refractivity contribution in [2.24, 2.45) is 0 Å². The zero-order chi connectivity index (χ0) is 18.4. The van der Waals surface area contributed by atoms with Crippen molar-refractivity contribution < 1.29 is 14.5 Å². The first kappa shape index (κ1) is 18.1. The number of quaternary nitrogens is 1. The number of benzene rings is 2. The molecule has 1 saturated heterocycles. The first-order valence-electron chi connectivity index (χ1n) is 9.12.